The minimum Gasteiger partial charge on any atom is -0.394 e. The highest BCUT2D eigenvalue weighted by Gasteiger charge is 2.52. The summed E-state index contributed by atoms with van der Waals surface area (Å²) < 4.78 is 16.1. The second-order valence-corrected chi connectivity index (χ2v) is 6.36. The van der Waals surface area contributed by atoms with Gasteiger partial charge in [0, 0.05) is 0 Å². The first-order valence-corrected chi connectivity index (χ1v) is 8.39. The van der Waals surface area contributed by atoms with Gasteiger partial charge in [0.1, 0.15) is 42.7 Å². The summed E-state index contributed by atoms with van der Waals surface area (Å²) in [6, 6.07) is 5.80. The fourth-order valence-electron chi connectivity index (χ4n) is 2.61. The zero-order valence-electron chi connectivity index (χ0n) is 15.7. The lowest BCUT2D eigenvalue weighted by Gasteiger charge is -2.43. The highest BCUT2D eigenvalue weighted by molar-refractivity contribution is 5.97. The van der Waals surface area contributed by atoms with Crippen molar-refractivity contribution in [1.29, 1.82) is 21.0 Å². The monoisotopic (exact) mass is 404 g/mol. The van der Waals surface area contributed by atoms with E-state index in [1.165, 1.54) is 38.1 Å². The van der Waals surface area contributed by atoms with Crippen molar-refractivity contribution in [1.82, 2.24) is 0 Å². The smallest absolute Gasteiger partial charge is 0.272 e. The highest BCUT2D eigenvalue weighted by Crippen LogP contribution is 2.31. The van der Waals surface area contributed by atoms with Gasteiger partial charge in [0.15, 0.2) is 18.0 Å². The third-order valence-corrected chi connectivity index (χ3v) is 4.27. The maximum atomic E-state index is 12.0. The van der Waals surface area contributed by atoms with Gasteiger partial charge in [-0.1, -0.05) is 6.58 Å². The molecule has 0 amide bonds. The van der Waals surface area contributed by atoms with Crippen LogP contribution in [-0.4, -0.2) is 70.1 Å². The SMILES string of the molecule is C=C(C)C(=O)C(C)O[C@@H]1C(OC(C#N)(C#N)C(C#N)C#N)O[C@H](CO)[C@@H](O)[C@@H]1O. The Balaban J connectivity index is 3.32. The topological polar surface area (TPSA) is 201 Å². The number of nitrogens with zero attached hydrogens (tertiary/aromatic N) is 4. The van der Waals surface area contributed by atoms with Gasteiger partial charge < -0.3 is 29.5 Å². The normalized spacial score (nSPS) is 27.7. The molecule has 11 heteroatoms. The van der Waals surface area contributed by atoms with Crippen LogP contribution >= 0.6 is 0 Å². The molecule has 1 aliphatic rings. The molecule has 0 radical (unpaired) electrons. The van der Waals surface area contributed by atoms with Gasteiger partial charge in [-0.05, 0) is 19.4 Å². The summed E-state index contributed by atoms with van der Waals surface area (Å²) in [6.07, 6.45) is -9.37. The van der Waals surface area contributed by atoms with Gasteiger partial charge in [0.2, 0.25) is 0 Å². The molecular formula is C18H20N4O7. The Morgan fingerprint density at radius 2 is 1.76 bits per heavy atom. The third kappa shape index (κ3) is 4.95. The first kappa shape index (κ1) is 24.2. The maximum Gasteiger partial charge on any atom is 0.272 e. The average molecular weight is 404 g/mol. The van der Waals surface area contributed by atoms with Crippen molar-refractivity contribution in [3.05, 3.63) is 12.2 Å². The lowest BCUT2D eigenvalue weighted by atomic mass is 9.91. The fraction of sp³-hybridized carbons (Fsp3) is 0.611. The van der Waals surface area contributed by atoms with Crippen molar-refractivity contribution in [2.24, 2.45) is 5.92 Å². The number of rotatable bonds is 8. The molecule has 3 N–H and O–H groups in total. The zero-order chi connectivity index (χ0) is 22.4. The third-order valence-electron chi connectivity index (χ3n) is 4.27. The van der Waals surface area contributed by atoms with Crippen LogP contribution in [0.3, 0.4) is 0 Å². The molecule has 1 heterocycles. The summed E-state index contributed by atoms with van der Waals surface area (Å²) in [6.45, 7) is 5.48. The molecular weight excluding hydrogens is 384 g/mol. The van der Waals surface area contributed by atoms with E-state index in [2.05, 4.69) is 6.58 Å². The van der Waals surface area contributed by atoms with Crippen LogP contribution in [-0.2, 0) is 19.0 Å². The van der Waals surface area contributed by atoms with E-state index >= 15 is 0 Å². The van der Waals surface area contributed by atoms with Gasteiger partial charge in [-0.25, -0.2) is 0 Å². The Bertz CT molecular complexity index is 775. The van der Waals surface area contributed by atoms with Gasteiger partial charge in [-0.15, -0.1) is 0 Å². The van der Waals surface area contributed by atoms with Crippen molar-refractivity contribution < 1.29 is 34.3 Å². The Hall–Kier alpha value is -2.87. The summed E-state index contributed by atoms with van der Waals surface area (Å²) in [5, 5.41) is 66.8. The number of aliphatic hydroxyl groups is 3. The standard InChI is InChI=1S/C18H20N4O7/c1-9(2)13(24)10(3)27-16-15(26)14(25)12(6-23)28-17(16)29-18(7-21,8-22)11(4-19)5-20/h10-12,14-17,23,25-26H,1,6H2,2-3H3/t10?,12-,14-,15+,16+,17?/m1/s1. The van der Waals surface area contributed by atoms with E-state index in [9.17, 15) is 30.6 Å². The van der Waals surface area contributed by atoms with Crippen LogP contribution in [0.2, 0.25) is 0 Å². The number of ether oxygens (including phenoxy) is 3. The van der Waals surface area contributed by atoms with E-state index in [1.54, 1.807) is 0 Å². The van der Waals surface area contributed by atoms with Crippen molar-refractivity contribution in [2.75, 3.05) is 6.61 Å². The first-order chi connectivity index (χ1) is 13.6. The van der Waals surface area contributed by atoms with Gasteiger partial charge >= 0.3 is 0 Å². The number of hydrogen-bond donors (Lipinski definition) is 3. The molecule has 0 aromatic heterocycles. The second-order valence-electron chi connectivity index (χ2n) is 6.36. The summed E-state index contributed by atoms with van der Waals surface area (Å²) in [4.78, 5) is 12.0. The Labute approximate surface area is 167 Å². The fourth-order valence-corrected chi connectivity index (χ4v) is 2.61. The van der Waals surface area contributed by atoms with Gasteiger partial charge in [-0.3, -0.25) is 4.79 Å². The van der Waals surface area contributed by atoms with E-state index in [-0.39, 0.29) is 5.57 Å². The molecule has 11 nitrogen and oxygen atoms in total. The Kier molecular flexibility index (Phi) is 8.39. The van der Waals surface area contributed by atoms with Gasteiger partial charge in [0.05, 0.1) is 18.7 Å². The first-order valence-electron chi connectivity index (χ1n) is 8.39. The summed E-state index contributed by atoms with van der Waals surface area (Å²) >= 11 is 0. The minimum absolute atomic E-state index is 0.146. The molecule has 29 heavy (non-hydrogen) atoms. The molecule has 1 aliphatic heterocycles. The van der Waals surface area contributed by atoms with Crippen LogP contribution < -0.4 is 0 Å². The molecule has 154 valence electrons. The van der Waals surface area contributed by atoms with Gasteiger partial charge in [0.25, 0.3) is 5.60 Å². The number of carbonyl (C=O) groups is 1. The molecule has 2 unspecified atom stereocenters. The predicted octanol–water partition coefficient (Wildman–Crippen LogP) is -1.19. The van der Waals surface area contributed by atoms with Crippen LogP contribution in [0.15, 0.2) is 12.2 Å². The molecule has 0 bridgehead atoms. The van der Waals surface area contributed by atoms with Crippen LogP contribution in [0.4, 0.5) is 0 Å². The Morgan fingerprint density at radius 1 is 1.21 bits per heavy atom. The molecule has 6 atom stereocenters. The quantitative estimate of drug-likeness (QED) is 0.411. The molecule has 0 aromatic carbocycles. The van der Waals surface area contributed by atoms with E-state index in [0.717, 1.165) is 0 Å². The van der Waals surface area contributed by atoms with E-state index in [4.69, 9.17) is 24.7 Å². The van der Waals surface area contributed by atoms with E-state index in [1.807, 2.05) is 0 Å². The molecule has 0 aliphatic carbocycles. The van der Waals surface area contributed by atoms with E-state index < -0.39 is 60.7 Å². The highest BCUT2D eigenvalue weighted by atomic mass is 16.7. The van der Waals surface area contributed by atoms with Crippen molar-refractivity contribution >= 4 is 5.78 Å². The number of carbonyl (C=O) groups excluding carboxylic acids is 1. The second kappa shape index (κ2) is 10.1. The van der Waals surface area contributed by atoms with Crippen LogP contribution in [0, 0.1) is 51.2 Å². The zero-order valence-corrected chi connectivity index (χ0v) is 15.7. The molecule has 0 aromatic rings. The molecule has 0 saturated carbocycles. The van der Waals surface area contributed by atoms with Crippen molar-refractivity contribution in [3.8, 4) is 24.3 Å². The largest absolute Gasteiger partial charge is 0.394 e. The summed E-state index contributed by atoms with van der Waals surface area (Å²) in [5.74, 6) is -2.39. The number of Topliss-reactive ketones (excluding diaryl/α,β-unsaturated/α-hetero) is 1. The number of nitriles is 4. The Morgan fingerprint density at radius 3 is 2.17 bits per heavy atom. The lowest BCUT2D eigenvalue weighted by Crippen LogP contribution is -2.62. The number of ketones is 1. The number of hydrogen-bond acceptors (Lipinski definition) is 11. The lowest BCUT2D eigenvalue weighted by molar-refractivity contribution is -0.327. The molecule has 1 fully saturated rings. The minimum atomic E-state index is -2.63. The van der Waals surface area contributed by atoms with E-state index in [0.29, 0.717) is 0 Å². The predicted molar refractivity (Wildman–Crippen MR) is 91.7 cm³/mol. The van der Waals surface area contributed by atoms with Crippen molar-refractivity contribution in [3.63, 3.8) is 0 Å². The average Bonchev–Trinajstić information content (AvgIpc) is 2.71. The number of aliphatic hydroxyl groups excluding tert-OH is 3. The summed E-state index contributed by atoms with van der Waals surface area (Å²) in [7, 11) is 0. The molecule has 0 spiro atoms. The van der Waals surface area contributed by atoms with Crippen LogP contribution in [0.25, 0.3) is 0 Å². The van der Waals surface area contributed by atoms with Crippen LogP contribution in [0.5, 0.6) is 0 Å². The van der Waals surface area contributed by atoms with Gasteiger partial charge in [-0.2, -0.15) is 21.0 Å². The molecule has 1 rings (SSSR count). The molecule has 1 saturated heterocycles. The summed E-state index contributed by atoms with van der Waals surface area (Å²) in [5.41, 5.74) is -2.48. The maximum absolute atomic E-state index is 12.0. The van der Waals surface area contributed by atoms with Crippen molar-refractivity contribution in [2.45, 2.75) is 56.3 Å². The van der Waals surface area contributed by atoms with Crippen LogP contribution in [0.1, 0.15) is 13.8 Å².